The number of carboxylic acid groups (broad SMARTS) is 2. The van der Waals surface area contributed by atoms with Gasteiger partial charge in [-0.1, -0.05) is 0 Å². The molecule has 0 bridgehead atoms. The van der Waals surface area contributed by atoms with Gasteiger partial charge in [-0.05, 0) is 24.6 Å². The van der Waals surface area contributed by atoms with E-state index in [-0.39, 0.29) is 5.41 Å². The van der Waals surface area contributed by atoms with Crippen molar-refractivity contribution in [2.24, 2.45) is 11.3 Å². The van der Waals surface area contributed by atoms with E-state index in [0.717, 1.165) is 50.2 Å². The maximum absolute atomic E-state index is 10.6. The third-order valence-electron chi connectivity index (χ3n) is 5.54. The predicted octanol–water partition coefficient (Wildman–Crippen LogP) is 3.78. The van der Waals surface area contributed by atoms with E-state index in [4.69, 9.17) is 29.3 Å². The first-order chi connectivity index (χ1) is 17.6. The van der Waals surface area contributed by atoms with Crippen LogP contribution in [0.2, 0.25) is 0 Å². The number of aryl methyl sites for hydroxylation is 1. The van der Waals surface area contributed by atoms with Crippen LogP contribution in [-0.4, -0.2) is 82.3 Å². The predicted molar refractivity (Wildman–Crippen MR) is 120 cm³/mol. The molecule has 0 unspecified atom stereocenters. The Bertz CT molecular complexity index is 1030. The number of hydrogen-bond acceptors (Lipinski definition) is 8. The Labute approximate surface area is 217 Å². The van der Waals surface area contributed by atoms with Gasteiger partial charge in [0.05, 0.1) is 37.1 Å². The molecule has 2 aliphatic rings. The molecule has 2 fully saturated rings. The molecule has 0 spiro atoms. The topological polar surface area (TPSA) is 122 Å². The Morgan fingerprint density at radius 3 is 2.24 bits per heavy atom. The summed E-state index contributed by atoms with van der Waals surface area (Å²) in [6.07, 6.45) is -6.44. The number of halogens is 6. The lowest BCUT2D eigenvalue weighted by Crippen LogP contribution is -2.35. The highest BCUT2D eigenvalue weighted by Gasteiger charge is 2.50. The normalized spacial score (nSPS) is 21.1. The Balaban J connectivity index is 0.000000301. The fraction of sp³-hybridized carbons (Fsp3) is 0.545. The summed E-state index contributed by atoms with van der Waals surface area (Å²) in [6, 6.07) is 4.19. The van der Waals surface area contributed by atoms with E-state index in [1.54, 1.807) is 11.3 Å². The van der Waals surface area contributed by atoms with Crippen molar-refractivity contribution in [3.05, 3.63) is 46.2 Å². The van der Waals surface area contributed by atoms with E-state index in [0.29, 0.717) is 12.5 Å². The number of carbonyl (C=O) groups is 2. The minimum atomic E-state index is -5.08. The molecule has 2 aromatic heterocycles. The number of aliphatic carboxylic acids is 2. The van der Waals surface area contributed by atoms with Crippen LogP contribution in [0.3, 0.4) is 0 Å². The molecule has 38 heavy (non-hydrogen) atoms. The average Bonchev–Trinajstić information content (AvgIpc) is 3.48. The Hall–Kier alpha value is -2.82. The van der Waals surface area contributed by atoms with Crippen molar-refractivity contribution in [3.63, 3.8) is 0 Å². The monoisotopic (exact) mass is 573 g/mol. The van der Waals surface area contributed by atoms with Crippen LogP contribution in [0.1, 0.15) is 16.3 Å². The smallest absolute Gasteiger partial charge is 0.475 e. The molecule has 2 saturated heterocycles. The van der Waals surface area contributed by atoms with Crippen molar-refractivity contribution < 1.29 is 55.6 Å². The van der Waals surface area contributed by atoms with Crippen LogP contribution < -0.4 is 0 Å². The number of ether oxygens (including phenoxy) is 2. The van der Waals surface area contributed by atoms with Gasteiger partial charge in [0.1, 0.15) is 0 Å². The molecule has 0 aliphatic carbocycles. The number of rotatable bonds is 6. The zero-order valence-electron chi connectivity index (χ0n) is 20.0. The lowest BCUT2D eigenvalue weighted by Gasteiger charge is -2.27. The van der Waals surface area contributed by atoms with Gasteiger partial charge in [-0.15, -0.1) is 11.3 Å². The largest absolute Gasteiger partial charge is 0.490 e. The lowest BCUT2D eigenvalue weighted by atomic mass is 9.82. The van der Waals surface area contributed by atoms with Crippen molar-refractivity contribution in [2.75, 3.05) is 32.9 Å². The van der Waals surface area contributed by atoms with Gasteiger partial charge in [-0.25, -0.2) is 14.6 Å². The van der Waals surface area contributed by atoms with Crippen LogP contribution in [0, 0.1) is 18.3 Å². The molecule has 16 heteroatoms. The number of nitrogens with zero attached hydrogens (tertiary/aromatic N) is 3. The van der Waals surface area contributed by atoms with Gasteiger partial charge in [0.2, 0.25) is 0 Å². The van der Waals surface area contributed by atoms with Gasteiger partial charge in [0.25, 0.3) is 0 Å². The van der Waals surface area contributed by atoms with Gasteiger partial charge >= 0.3 is 24.3 Å². The molecule has 0 radical (unpaired) electrons. The summed E-state index contributed by atoms with van der Waals surface area (Å²) in [4.78, 5) is 28.9. The molecular formula is C22H25F6N3O6S. The minimum absolute atomic E-state index is 0.137. The Kier molecular flexibility index (Phi) is 11.0. The Morgan fingerprint density at radius 1 is 1.16 bits per heavy atom. The first-order valence-electron chi connectivity index (χ1n) is 10.9. The third kappa shape index (κ3) is 9.81. The number of likely N-dealkylation sites (tertiary alicyclic amines) is 1. The molecule has 2 aromatic rings. The van der Waals surface area contributed by atoms with Crippen LogP contribution in [0.4, 0.5) is 26.3 Å². The molecular weight excluding hydrogens is 548 g/mol. The second-order valence-corrected chi connectivity index (χ2v) is 9.62. The van der Waals surface area contributed by atoms with E-state index in [1.807, 2.05) is 19.3 Å². The summed E-state index contributed by atoms with van der Waals surface area (Å²) in [5.74, 6) is -4.95. The van der Waals surface area contributed by atoms with Crippen LogP contribution in [0.25, 0.3) is 0 Å². The van der Waals surface area contributed by atoms with Crippen molar-refractivity contribution in [1.82, 2.24) is 14.9 Å². The standard InChI is InChI=1S/C18H23N3O2S.2C2HF3O2/c1-14-20-17(10-24-14)9-23-13-18-11-21(7-16(18)8-22-12-18)6-15-2-4-19-5-3-15;2*3-2(4,5)1(6)7/h2-5,10,16H,6-9,11-13H2,1H3;2*(H,6,7)/t16-,18+;;/m1../s1. The van der Waals surface area contributed by atoms with Crippen LogP contribution >= 0.6 is 11.3 Å². The van der Waals surface area contributed by atoms with Gasteiger partial charge in [0, 0.05) is 48.7 Å². The maximum atomic E-state index is 10.6. The summed E-state index contributed by atoms with van der Waals surface area (Å²) in [7, 11) is 0. The van der Waals surface area contributed by atoms with Crippen LogP contribution in [0.15, 0.2) is 29.9 Å². The first kappa shape index (κ1) is 31.4. The average molecular weight is 574 g/mol. The van der Waals surface area contributed by atoms with E-state index in [9.17, 15) is 26.3 Å². The molecule has 0 amide bonds. The number of pyridine rings is 1. The Morgan fingerprint density at radius 2 is 1.74 bits per heavy atom. The minimum Gasteiger partial charge on any atom is -0.475 e. The highest BCUT2D eigenvalue weighted by Crippen LogP contribution is 2.42. The van der Waals surface area contributed by atoms with E-state index < -0.39 is 24.3 Å². The first-order valence-corrected chi connectivity index (χ1v) is 11.8. The number of carboxylic acids is 2. The SMILES string of the molecule is Cc1nc(COC[C@]23COC[C@H]2CN(Cc2ccncc2)C3)cs1.O=C(O)C(F)(F)F.O=C(O)C(F)(F)F. The summed E-state index contributed by atoms with van der Waals surface area (Å²) < 4.78 is 75.3. The molecule has 9 nitrogen and oxygen atoms in total. The molecule has 2 N–H and O–H groups in total. The van der Waals surface area contributed by atoms with Gasteiger partial charge < -0.3 is 19.7 Å². The molecule has 2 aliphatic heterocycles. The molecule has 2 atom stereocenters. The number of alkyl halides is 6. The van der Waals surface area contributed by atoms with Crippen LogP contribution in [-0.2, 0) is 32.2 Å². The van der Waals surface area contributed by atoms with E-state index >= 15 is 0 Å². The van der Waals surface area contributed by atoms with Crippen molar-refractivity contribution in [2.45, 2.75) is 32.4 Å². The van der Waals surface area contributed by atoms with Crippen molar-refractivity contribution in [1.29, 1.82) is 0 Å². The second kappa shape index (κ2) is 13.3. The maximum Gasteiger partial charge on any atom is 0.490 e. The number of aromatic nitrogens is 2. The zero-order chi connectivity index (χ0) is 28.6. The number of hydrogen-bond donors (Lipinski definition) is 2. The van der Waals surface area contributed by atoms with Gasteiger partial charge in [0.15, 0.2) is 0 Å². The van der Waals surface area contributed by atoms with Crippen molar-refractivity contribution in [3.8, 4) is 0 Å². The molecule has 212 valence electrons. The van der Waals surface area contributed by atoms with Gasteiger partial charge in [-0.3, -0.25) is 9.88 Å². The summed E-state index contributed by atoms with van der Waals surface area (Å²) in [5.41, 5.74) is 2.49. The summed E-state index contributed by atoms with van der Waals surface area (Å²) in [5, 5.41) is 17.4. The summed E-state index contributed by atoms with van der Waals surface area (Å²) in [6.45, 7) is 8.14. The highest BCUT2D eigenvalue weighted by molar-refractivity contribution is 7.09. The highest BCUT2D eigenvalue weighted by atomic mass is 32.1. The lowest BCUT2D eigenvalue weighted by molar-refractivity contribution is -0.193. The fourth-order valence-electron chi connectivity index (χ4n) is 3.85. The number of thiazole rings is 1. The van der Waals surface area contributed by atoms with Crippen molar-refractivity contribution >= 4 is 23.3 Å². The molecule has 0 aromatic carbocycles. The quantitative estimate of drug-likeness (QED) is 0.498. The fourth-order valence-corrected chi connectivity index (χ4v) is 4.44. The zero-order valence-corrected chi connectivity index (χ0v) is 20.8. The summed E-state index contributed by atoms with van der Waals surface area (Å²) >= 11 is 1.68. The molecule has 4 rings (SSSR count). The molecule has 0 saturated carbocycles. The molecule has 4 heterocycles. The van der Waals surface area contributed by atoms with Crippen LogP contribution in [0.5, 0.6) is 0 Å². The second-order valence-electron chi connectivity index (χ2n) is 8.56. The van der Waals surface area contributed by atoms with Gasteiger partial charge in [-0.2, -0.15) is 26.3 Å². The third-order valence-corrected chi connectivity index (χ3v) is 6.36. The van der Waals surface area contributed by atoms with E-state index in [2.05, 4.69) is 32.4 Å². The van der Waals surface area contributed by atoms with E-state index in [1.165, 1.54) is 5.56 Å². The number of fused-ring (bicyclic) bond motifs is 1.